The van der Waals surface area contributed by atoms with Crippen LogP contribution < -0.4 is 5.32 Å². The van der Waals surface area contributed by atoms with E-state index in [1.54, 1.807) is 0 Å². The minimum atomic E-state index is -0.604. The van der Waals surface area contributed by atoms with Crippen molar-refractivity contribution in [3.63, 3.8) is 0 Å². The molecule has 1 unspecified atom stereocenters. The van der Waals surface area contributed by atoms with Crippen LogP contribution in [0.1, 0.15) is 36.4 Å². The Labute approximate surface area is 118 Å². The Morgan fingerprint density at radius 1 is 1.37 bits per heavy atom. The lowest BCUT2D eigenvalue weighted by Crippen LogP contribution is -2.45. The first-order valence-electron chi connectivity index (χ1n) is 6.98. The summed E-state index contributed by atoms with van der Waals surface area (Å²) in [6.45, 7) is 1.97. The normalized spacial score (nSPS) is 25.3. The number of fused-ring (bicyclic) bond motifs is 1. The topological polar surface area (TPSA) is 41.5 Å². The summed E-state index contributed by atoms with van der Waals surface area (Å²) in [5, 5.41) is 14.8. The third-order valence-corrected chi connectivity index (χ3v) is 4.52. The summed E-state index contributed by atoms with van der Waals surface area (Å²) in [7, 11) is 0. The summed E-state index contributed by atoms with van der Waals surface area (Å²) >= 11 is 6.02. The van der Waals surface area contributed by atoms with Crippen molar-refractivity contribution >= 4 is 11.6 Å². The summed E-state index contributed by atoms with van der Waals surface area (Å²) in [5.41, 5.74) is 2.07. The predicted octanol–water partition coefficient (Wildman–Crippen LogP) is 2.46. The maximum absolute atomic E-state index is 10.5. The average molecular weight is 282 g/mol. The number of benzene rings is 1. The van der Waals surface area contributed by atoms with Gasteiger partial charge >= 0.3 is 0 Å². The Kier molecular flexibility index (Phi) is 3.81. The van der Waals surface area contributed by atoms with E-state index in [9.17, 15) is 5.11 Å². The van der Waals surface area contributed by atoms with Gasteiger partial charge in [0, 0.05) is 43.7 Å². The maximum atomic E-state index is 10.5. The molecular formula is C15H20ClNO2. The molecule has 3 nitrogen and oxygen atoms in total. The van der Waals surface area contributed by atoms with Crippen LogP contribution in [0, 0.1) is 0 Å². The lowest BCUT2D eigenvalue weighted by Gasteiger charge is -2.33. The molecule has 0 bridgehead atoms. The van der Waals surface area contributed by atoms with Crippen molar-refractivity contribution in [3.8, 4) is 0 Å². The zero-order valence-corrected chi connectivity index (χ0v) is 11.7. The highest BCUT2D eigenvalue weighted by molar-refractivity contribution is 6.30. The van der Waals surface area contributed by atoms with E-state index in [-0.39, 0.29) is 0 Å². The quantitative estimate of drug-likeness (QED) is 0.894. The van der Waals surface area contributed by atoms with Gasteiger partial charge in [-0.2, -0.15) is 0 Å². The molecule has 4 heteroatoms. The molecule has 104 valence electrons. The van der Waals surface area contributed by atoms with E-state index >= 15 is 0 Å². The fourth-order valence-corrected chi connectivity index (χ4v) is 3.23. The monoisotopic (exact) mass is 281 g/mol. The molecule has 1 heterocycles. The minimum Gasteiger partial charge on any atom is -0.388 e. The molecular weight excluding hydrogens is 262 g/mol. The van der Waals surface area contributed by atoms with Gasteiger partial charge in [0.25, 0.3) is 0 Å². The number of hydrogen-bond donors (Lipinski definition) is 2. The van der Waals surface area contributed by atoms with E-state index in [1.165, 1.54) is 11.1 Å². The number of ether oxygens (including phenoxy) is 1. The van der Waals surface area contributed by atoms with Gasteiger partial charge in [0.15, 0.2) is 0 Å². The highest BCUT2D eigenvalue weighted by Gasteiger charge is 2.31. The molecule has 0 amide bonds. The van der Waals surface area contributed by atoms with E-state index in [4.69, 9.17) is 16.3 Å². The highest BCUT2D eigenvalue weighted by Crippen LogP contribution is 2.33. The van der Waals surface area contributed by atoms with Gasteiger partial charge in [0.1, 0.15) is 0 Å². The van der Waals surface area contributed by atoms with Crippen molar-refractivity contribution in [2.45, 2.75) is 37.3 Å². The van der Waals surface area contributed by atoms with Crippen molar-refractivity contribution in [3.05, 3.63) is 34.3 Å². The zero-order valence-electron chi connectivity index (χ0n) is 11.0. The Hall–Kier alpha value is -0.610. The summed E-state index contributed by atoms with van der Waals surface area (Å²) in [5.74, 6) is 0. The fraction of sp³-hybridized carbons (Fsp3) is 0.600. The molecule has 3 rings (SSSR count). The smallest absolute Gasteiger partial charge is 0.0815 e. The first-order valence-corrected chi connectivity index (χ1v) is 7.36. The maximum Gasteiger partial charge on any atom is 0.0815 e. The minimum absolute atomic E-state index is 0.346. The summed E-state index contributed by atoms with van der Waals surface area (Å²) in [6.07, 6.45) is 3.59. The van der Waals surface area contributed by atoms with Gasteiger partial charge in [-0.1, -0.05) is 17.7 Å². The van der Waals surface area contributed by atoms with Crippen LogP contribution >= 0.6 is 11.6 Å². The van der Waals surface area contributed by atoms with Crippen LogP contribution in [-0.2, 0) is 11.2 Å². The molecule has 1 aromatic rings. The van der Waals surface area contributed by atoms with Crippen LogP contribution in [0.3, 0.4) is 0 Å². The van der Waals surface area contributed by atoms with Crippen molar-refractivity contribution in [2.24, 2.45) is 0 Å². The Morgan fingerprint density at radius 2 is 2.16 bits per heavy atom. The van der Waals surface area contributed by atoms with Crippen LogP contribution in [0.5, 0.6) is 0 Å². The Morgan fingerprint density at radius 3 is 2.95 bits per heavy atom. The first kappa shape index (κ1) is 13.4. The molecule has 2 aliphatic rings. The molecule has 1 atom stereocenters. The average Bonchev–Trinajstić information content (AvgIpc) is 2.79. The summed E-state index contributed by atoms with van der Waals surface area (Å²) in [6, 6.07) is 6.46. The van der Waals surface area contributed by atoms with Crippen molar-refractivity contribution in [2.75, 3.05) is 19.8 Å². The van der Waals surface area contributed by atoms with Crippen molar-refractivity contribution < 1.29 is 9.84 Å². The van der Waals surface area contributed by atoms with Crippen molar-refractivity contribution in [1.29, 1.82) is 0 Å². The third-order valence-electron chi connectivity index (χ3n) is 4.28. The third kappa shape index (κ3) is 2.95. The molecule has 19 heavy (non-hydrogen) atoms. The number of aryl methyl sites for hydroxylation is 1. The van der Waals surface area contributed by atoms with Gasteiger partial charge in [-0.25, -0.2) is 0 Å². The molecule has 1 aliphatic heterocycles. The van der Waals surface area contributed by atoms with Crippen LogP contribution in [-0.4, -0.2) is 30.5 Å². The second-order valence-electron chi connectivity index (χ2n) is 5.65. The number of aliphatic hydroxyl groups is 1. The van der Waals surface area contributed by atoms with E-state index in [0.29, 0.717) is 25.8 Å². The first-order chi connectivity index (χ1) is 9.16. The molecule has 0 spiro atoms. The predicted molar refractivity (Wildman–Crippen MR) is 75.5 cm³/mol. The van der Waals surface area contributed by atoms with Gasteiger partial charge < -0.3 is 15.2 Å². The number of halogens is 1. The van der Waals surface area contributed by atoms with Crippen LogP contribution in [0.25, 0.3) is 0 Å². The summed E-state index contributed by atoms with van der Waals surface area (Å²) < 4.78 is 5.30. The molecule has 2 N–H and O–H groups in total. The fourth-order valence-electron chi connectivity index (χ4n) is 3.04. The van der Waals surface area contributed by atoms with Gasteiger partial charge in [-0.15, -0.1) is 0 Å². The van der Waals surface area contributed by atoms with E-state index < -0.39 is 5.60 Å². The van der Waals surface area contributed by atoms with Crippen LogP contribution in [0.2, 0.25) is 5.02 Å². The lowest BCUT2D eigenvalue weighted by atomic mass is 9.94. The molecule has 0 radical (unpaired) electrons. The van der Waals surface area contributed by atoms with E-state index in [1.807, 2.05) is 6.07 Å². The van der Waals surface area contributed by atoms with Gasteiger partial charge in [-0.3, -0.25) is 0 Å². The number of hydrogen-bond acceptors (Lipinski definition) is 3. The second kappa shape index (κ2) is 5.41. The summed E-state index contributed by atoms with van der Waals surface area (Å²) in [4.78, 5) is 0. The zero-order chi connectivity index (χ0) is 13.3. The second-order valence-corrected chi connectivity index (χ2v) is 6.09. The largest absolute Gasteiger partial charge is 0.388 e. The number of nitrogens with one attached hydrogen (secondary N) is 1. The van der Waals surface area contributed by atoms with Crippen LogP contribution in [0.15, 0.2) is 18.2 Å². The lowest BCUT2D eigenvalue weighted by molar-refractivity contribution is -0.0628. The molecule has 1 saturated heterocycles. The molecule has 1 aromatic carbocycles. The standard InChI is InChI=1S/C15H20ClNO2/c16-12-2-3-13-11(9-12)1-4-14(13)17-10-15(18)5-7-19-8-6-15/h2-3,9,14,17-18H,1,4-8,10H2. The van der Waals surface area contributed by atoms with Crippen LogP contribution in [0.4, 0.5) is 0 Å². The molecule has 0 aromatic heterocycles. The van der Waals surface area contributed by atoms with E-state index in [2.05, 4.69) is 17.4 Å². The Balaban J connectivity index is 1.63. The molecule has 0 saturated carbocycles. The molecule has 1 aliphatic carbocycles. The van der Waals surface area contributed by atoms with E-state index in [0.717, 1.165) is 30.7 Å². The highest BCUT2D eigenvalue weighted by atomic mass is 35.5. The van der Waals surface area contributed by atoms with Gasteiger partial charge in [0.2, 0.25) is 0 Å². The Bertz CT molecular complexity index is 457. The SMILES string of the molecule is OC1(CNC2CCc3cc(Cl)ccc32)CCOCC1. The molecule has 1 fully saturated rings. The van der Waals surface area contributed by atoms with Gasteiger partial charge in [0.05, 0.1) is 5.60 Å². The van der Waals surface area contributed by atoms with Crippen molar-refractivity contribution in [1.82, 2.24) is 5.32 Å². The number of rotatable bonds is 3. The van der Waals surface area contributed by atoms with Gasteiger partial charge in [-0.05, 0) is 36.1 Å².